The summed E-state index contributed by atoms with van der Waals surface area (Å²) >= 11 is 3.05. The molecule has 1 fully saturated rings. The van der Waals surface area contributed by atoms with Crippen molar-refractivity contribution in [1.29, 1.82) is 0 Å². The summed E-state index contributed by atoms with van der Waals surface area (Å²) in [6, 6.07) is 6.62. The SMILES string of the molecule is CCN1C(=O)C(=O)N(CC(=O)N2N=C(c3cccs3)C[C@@H]2c2cccs2)C1=O. The molecule has 10 heteroatoms. The summed E-state index contributed by atoms with van der Waals surface area (Å²) in [6.07, 6.45) is 0.550. The number of urea groups is 1. The van der Waals surface area contributed by atoms with Crippen LogP contribution < -0.4 is 0 Å². The first-order valence-electron chi connectivity index (χ1n) is 8.65. The molecule has 5 amide bonds. The molecule has 2 aliphatic rings. The quantitative estimate of drug-likeness (QED) is 0.552. The molecule has 0 unspecified atom stereocenters. The first-order valence-corrected chi connectivity index (χ1v) is 10.4. The number of hydrogen-bond acceptors (Lipinski definition) is 7. The smallest absolute Gasteiger partial charge is 0.271 e. The number of nitrogens with zero attached hydrogens (tertiary/aromatic N) is 4. The monoisotopic (exact) mass is 416 g/mol. The number of carbonyl (C=O) groups excluding carboxylic acids is 4. The van der Waals surface area contributed by atoms with Gasteiger partial charge < -0.3 is 0 Å². The van der Waals surface area contributed by atoms with E-state index in [1.165, 1.54) is 27.7 Å². The molecule has 8 nitrogen and oxygen atoms in total. The minimum absolute atomic E-state index is 0.0797. The summed E-state index contributed by atoms with van der Waals surface area (Å²) in [4.78, 5) is 52.7. The maximum atomic E-state index is 13.0. The Morgan fingerprint density at radius 3 is 2.43 bits per heavy atom. The van der Waals surface area contributed by atoms with Crippen molar-refractivity contribution in [1.82, 2.24) is 14.8 Å². The van der Waals surface area contributed by atoms with Gasteiger partial charge in [-0.15, -0.1) is 22.7 Å². The summed E-state index contributed by atoms with van der Waals surface area (Å²) in [5, 5.41) is 9.68. The molecule has 144 valence electrons. The molecule has 2 aliphatic heterocycles. The average molecular weight is 416 g/mol. The van der Waals surface area contributed by atoms with E-state index in [-0.39, 0.29) is 12.6 Å². The highest BCUT2D eigenvalue weighted by Crippen LogP contribution is 2.36. The summed E-state index contributed by atoms with van der Waals surface area (Å²) < 4.78 is 0. The van der Waals surface area contributed by atoms with Crippen LogP contribution in [0.2, 0.25) is 0 Å². The van der Waals surface area contributed by atoms with Gasteiger partial charge in [0, 0.05) is 17.8 Å². The van der Waals surface area contributed by atoms with Crippen molar-refractivity contribution < 1.29 is 19.2 Å². The summed E-state index contributed by atoms with van der Waals surface area (Å²) in [7, 11) is 0. The molecule has 4 heterocycles. The van der Waals surface area contributed by atoms with Gasteiger partial charge in [-0.05, 0) is 29.8 Å². The maximum absolute atomic E-state index is 13.0. The van der Waals surface area contributed by atoms with Crippen molar-refractivity contribution in [3.8, 4) is 0 Å². The molecule has 0 aromatic carbocycles. The Hall–Kier alpha value is -2.85. The van der Waals surface area contributed by atoms with E-state index >= 15 is 0 Å². The van der Waals surface area contributed by atoms with E-state index in [1.54, 1.807) is 6.92 Å². The molecular weight excluding hydrogens is 400 g/mol. The van der Waals surface area contributed by atoms with Crippen molar-refractivity contribution >= 4 is 52.1 Å². The van der Waals surface area contributed by atoms with Crippen LogP contribution in [0.25, 0.3) is 0 Å². The van der Waals surface area contributed by atoms with E-state index in [4.69, 9.17) is 0 Å². The molecule has 0 bridgehead atoms. The van der Waals surface area contributed by atoms with Crippen molar-refractivity contribution in [3.63, 3.8) is 0 Å². The van der Waals surface area contributed by atoms with Crippen LogP contribution in [0.4, 0.5) is 4.79 Å². The standard InChI is InChI=1S/C18H16N4O4S2/c1-2-20-16(24)17(25)21(18(20)26)10-15(23)22-12(14-6-4-8-28-14)9-11(19-22)13-5-3-7-27-13/h3-8,12H,2,9-10H2,1H3/t12-/m1/s1. The van der Waals surface area contributed by atoms with Gasteiger partial charge in [0.05, 0.1) is 16.6 Å². The number of thiophene rings is 2. The fourth-order valence-corrected chi connectivity index (χ4v) is 4.74. The van der Waals surface area contributed by atoms with Crippen molar-refractivity contribution in [2.45, 2.75) is 19.4 Å². The lowest BCUT2D eigenvalue weighted by Gasteiger charge is -2.22. The fraction of sp³-hybridized carbons (Fsp3) is 0.278. The number of carbonyl (C=O) groups is 4. The lowest BCUT2D eigenvalue weighted by molar-refractivity contribution is -0.145. The second-order valence-corrected chi connectivity index (χ2v) is 8.15. The summed E-state index contributed by atoms with van der Waals surface area (Å²) in [6.45, 7) is 1.17. The largest absolute Gasteiger partial charge is 0.334 e. The van der Waals surface area contributed by atoms with Gasteiger partial charge in [-0.1, -0.05) is 12.1 Å². The summed E-state index contributed by atoms with van der Waals surface area (Å²) in [5.74, 6) is -2.38. The van der Waals surface area contributed by atoms with E-state index in [2.05, 4.69) is 5.10 Å². The van der Waals surface area contributed by atoms with Crippen LogP contribution in [0.15, 0.2) is 40.1 Å². The zero-order valence-electron chi connectivity index (χ0n) is 14.9. The molecule has 4 rings (SSSR count). The average Bonchev–Trinajstić information content (AvgIpc) is 3.46. The zero-order valence-corrected chi connectivity index (χ0v) is 16.5. The lowest BCUT2D eigenvalue weighted by Crippen LogP contribution is -2.41. The van der Waals surface area contributed by atoms with E-state index in [0.717, 1.165) is 20.4 Å². The van der Waals surface area contributed by atoms with Crippen molar-refractivity contribution in [3.05, 3.63) is 44.8 Å². The molecule has 0 N–H and O–H groups in total. The number of amides is 5. The van der Waals surface area contributed by atoms with E-state index in [1.807, 2.05) is 35.0 Å². The van der Waals surface area contributed by atoms with Gasteiger partial charge in [-0.25, -0.2) is 14.7 Å². The third-order valence-corrected chi connectivity index (χ3v) is 6.48. The Balaban J connectivity index is 1.59. The van der Waals surface area contributed by atoms with Gasteiger partial charge in [0.15, 0.2) is 0 Å². The first kappa shape index (κ1) is 18.5. The number of likely N-dealkylation sites (N-methyl/N-ethyl adjacent to an activating group) is 1. The Labute approximate surface area is 168 Å². The minimum Gasteiger partial charge on any atom is -0.271 e. The van der Waals surface area contributed by atoms with Gasteiger partial charge in [-0.2, -0.15) is 5.10 Å². The maximum Gasteiger partial charge on any atom is 0.334 e. The van der Waals surface area contributed by atoms with Crippen molar-refractivity contribution in [2.75, 3.05) is 13.1 Å². The highest BCUT2D eigenvalue weighted by atomic mass is 32.1. The van der Waals surface area contributed by atoms with Crippen LogP contribution in [-0.4, -0.2) is 57.4 Å². The molecule has 0 radical (unpaired) electrons. The second kappa shape index (κ2) is 7.28. The van der Waals surface area contributed by atoms with Crippen LogP contribution in [0.3, 0.4) is 0 Å². The molecule has 1 saturated heterocycles. The van der Waals surface area contributed by atoms with Gasteiger partial charge in [-0.3, -0.25) is 19.3 Å². The molecular formula is C18H16N4O4S2. The van der Waals surface area contributed by atoms with E-state index in [0.29, 0.717) is 11.3 Å². The molecule has 0 saturated carbocycles. The predicted molar refractivity (Wildman–Crippen MR) is 104 cm³/mol. The topological polar surface area (TPSA) is 90.4 Å². The van der Waals surface area contributed by atoms with Crippen LogP contribution in [0.5, 0.6) is 0 Å². The van der Waals surface area contributed by atoms with Crippen LogP contribution in [0.1, 0.15) is 29.1 Å². The second-order valence-electron chi connectivity index (χ2n) is 6.22. The van der Waals surface area contributed by atoms with Crippen molar-refractivity contribution in [2.24, 2.45) is 5.10 Å². The molecule has 0 spiro atoms. The Kier molecular flexibility index (Phi) is 4.82. The number of imide groups is 2. The third-order valence-electron chi connectivity index (χ3n) is 4.59. The zero-order chi connectivity index (χ0) is 19.8. The van der Waals surface area contributed by atoms with Crippen LogP contribution in [-0.2, 0) is 14.4 Å². The van der Waals surface area contributed by atoms with E-state index in [9.17, 15) is 19.2 Å². The highest BCUT2D eigenvalue weighted by molar-refractivity contribution is 7.12. The fourth-order valence-electron chi connectivity index (χ4n) is 3.21. The Morgan fingerprint density at radius 1 is 1.11 bits per heavy atom. The predicted octanol–water partition coefficient (Wildman–Crippen LogP) is 2.30. The van der Waals surface area contributed by atoms with Crippen LogP contribution >= 0.6 is 22.7 Å². The van der Waals surface area contributed by atoms with Gasteiger partial charge >= 0.3 is 17.8 Å². The number of hydrogen-bond donors (Lipinski definition) is 0. The normalized spacial score (nSPS) is 19.8. The molecule has 0 aliphatic carbocycles. The minimum atomic E-state index is -0.977. The molecule has 28 heavy (non-hydrogen) atoms. The number of hydrazone groups is 1. The molecule has 2 aromatic heterocycles. The molecule has 1 atom stereocenters. The third kappa shape index (κ3) is 3.04. The molecule has 2 aromatic rings. The Morgan fingerprint density at radius 2 is 1.82 bits per heavy atom. The van der Waals surface area contributed by atoms with Gasteiger partial charge in [0.1, 0.15) is 6.54 Å². The van der Waals surface area contributed by atoms with Gasteiger partial charge in [0.25, 0.3) is 5.91 Å². The Bertz CT molecular complexity index is 968. The first-order chi connectivity index (χ1) is 13.5. The van der Waals surface area contributed by atoms with E-state index < -0.39 is 30.3 Å². The lowest BCUT2D eigenvalue weighted by atomic mass is 10.1. The number of rotatable bonds is 5. The highest BCUT2D eigenvalue weighted by Gasteiger charge is 2.46. The van der Waals surface area contributed by atoms with Crippen LogP contribution in [0, 0.1) is 0 Å². The summed E-state index contributed by atoms with van der Waals surface area (Å²) in [5.41, 5.74) is 0.784. The van der Waals surface area contributed by atoms with Gasteiger partial charge in [0.2, 0.25) is 0 Å².